The Kier molecular flexibility index (Phi) is 7.40. The zero-order chi connectivity index (χ0) is 24.1. The van der Waals surface area contributed by atoms with E-state index in [4.69, 9.17) is 32.7 Å². The second kappa shape index (κ2) is 10.6. The third kappa shape index (κ3) is 5.53. The standard InChI is InChI=1S/C26H22Cl2N2O4/c1-2-33-24-14-18(9-12-23(24)34-16-19-5-3-4-6-21(19)28)13-22-25(31)30(26(32)29-22)15-17-7-10-20(27)11-8-17/h3-14H,2,15-16H2,1H3,(H,29,32)/b22-13-. The Balaban J connectivity index is 1.51. The summed E-state index contributed by atoms with van der Waals surface area (Å²) >= 11 is 12.1. The van der Waals surface area contributed by atoms with Gasteiger partial charge in [0.15, 0.2) is 11.5 Å². The van der Waals surface area contributed by atoms with Crippen LogP contribution in [0.25, 0.3) is 6.08 Å². The number of rotatable bonds is 8. The molecule has 34 heavy (non-hydrogen) atoms. The van der Waals surface area contributed by atoms with Gasteiger partial charge < -0.3 is 14.8 Å². The lowest BCUT2D eigenvalue weighted by molar-refractivity contribution is -0.123. The van der Waals surface area contributed by atoms with Gasteiger partial charge >= 0.3 is 6.03 Å². The van der Waals surface area contributed by atoms with E-state index in [0.29, 0.717) is 33.7 Å². The van der Waals surface area contributed by atoms with E-state index in [1.165, 1.54) is 0 Å². The summed E-state index contributed by atoms with van der Waals surface area (Å²) in [6.07, 6.45) is 1.61. The molecular weight excluding hydrogens is 475 g/mol. The van der Waals surface area contributed by atoms with E-state index in [1.54, 1.807) is 48.5 Å². The molecule has 0 radical (unpaired) electrons. The Bertz CT molecular complexity index is 1240. The number of carbonyl (C=O) groups excluding carboxylic acids is 2. The number of nitrogens with one attached hydrogen (secondary N) is 1. The molecule has 1 N–H and O–H groups in total. The van der Waals surface area contributed by atoms with E-state index >= 15 is 0 Å². The molecule has 1 aliphatic heterocycles. The van der Waals surface area contributed by atoms with Crippen LogP contribution in [0.2, 0.25) is 10.0 Å². The number of hydrogen-bond donors (Lipinski definition) is 1. The van der Waals surface area contributed by atoms with E-state index in [0.717, 1.165) is 16.0 Å². The Hall–Kier alpha value is -3.48. The van der Waals surface area contributed by atoms with Crippen LogP contribution in [0.4, 0.5) is 4.79 Å². The van der Waals surface area contributed by atoms with E-state index in [9.17, 15) is 9.59 Å². The van der Waals surface area contributed by atoms with Gasteiger partial charge in [-0.2, -0.15) is 0 Å². The first-order chi connectivity index (χ1) is 16.4. The molecule has 3 aromatic rings. The summed E-state index contributed by atoms with van der Waals surface area (Å²) in [7, 11) is 0. The molecule has 4 rings (SSSR count). The van der Waals surface area contributed by atoms with Gasteiger partial charge in [0.25, 0.3) is 5.91 Å². The summed E-state index contributed by atoms with van der Waals surface area (Å²) in [6.45, 7) is 2.75. The van der Waals surface area contributed by atoms with E-state index in [2.05, 4.69) is 5.32 Å². The van der Waals surface area contributed by atoms with Crippen molar-refractivity contribution in [2.24, 2.45) is 0 Å². The minimum atomic E-state index is -0.476. The number of carbonyl (C=O) groups is 2. The summed E-state index contributed by atoms with van der Waals surface area (Å²) in [4.78, 5) is 26.4. The number of ether oxygens (including phenoxy) is 2. The van der Waals surface area contributed by atoms with Crippen LogP contribution in [0.1, 0.15) is 23.6 Å². The van der Waals surface area contributed by atoms with Crippen LogP contribution in [0, 0.1) is 0 Å². The minimum Gasteiger partial charge on any atom is -0.490 e. The van der Waals surface area contributed by atoms with Gasteiger partial charge in [0, 0.05) is 15.6 Å². The molecule has 3 amide bonds. The third-order valence-corrected chi connectivity index (χ3v) is 5.76. The predicted octanol–water partition coefficient (Wildman–Crippen LogP) is 6.06. The zero-order valence-electron chi connectivity index (χ0n) is 18.4. The average molecular weight is 497 g/mol. The summed E-state index contributed by atoms with van der Waals surface area (Å²) in [5.41, 5.74) is 2.53. The number of urea groups is 1. The van der Waals surface area contributed by atoms with Crippen molar-refractivity contribution in [3.05, 3.63) is 99.2 Å². The van der Waals surface area contributed by atoms with Gasteiger partial charge in [0.05, 0.1) is 13.2 Å². The minimum absolute atomic E-state index is 0.151. The van der Waals surface area contributed by atoms with Crippen molar-refractivity contribution in [1.82, 2.24) is 10.2 Å². The highest BCUT2D eigenvalue weighted by Gasteiger charge is 2.33. The number of amides is 3. The van der Waals surface area contributed by atoms with Crippen molar-refractivity contribution in [3.8, 4) is 11.5 Å². The quantitative estimate of drug-likeness (QED) is 0.303. The Morgan fingerprint density at radius 1 is 0.941 bits per heavy atom. The molecular formula is C26H22Cl2N2O4. The van der Waals surface area contributed by atoms with Crippen LogP contribution >= 0.6 is 23.2 Å². The van der Waals surface area contributed by atoms with Gasteiger partial charge in [-0.05, 0) is 54.5 Å². The zero-order valence-corrected chi connectivity index (χ0v) is 19.9. The smallest absolute Gasteiger partial charge is 0.329 e. The van der Waals surface area contributed by atoms with Crippen molar-refractivity contribution in [1.29, 1.82) is 0 Å². The van der Waals surface area contributed by atoms with Gasteiger partial charge in [0.2, 0.25) is 0 Å². The lowest BCUT2D eigenvalue weighted by Crippen LogP contribution is -2.30. The second-order valence-corrected chi connectivity index (χ2v) is 8.37. The normalized spacial score (nSPS) is 14.4. The summed E-state index contributed by atoms with van der Waals surface area (Å²) < 4.78 is 11.7. The van der Waals surface area contributed by atoms with E-state index in [-0.39, 0.29) is 18.8 Å². The molecule has 0 aromatic heterocycles. The number of nitrogens with zero attached hydrogens (tertiary/aromatic N) is 1. The highest BCUT2D eigenvalue weighted by Crippen LogP contribution is 2.31. The molecule has 0 aliphatic carbocycles. The maximum absolute atomic E-state index is 12.8. The monoisotopic (exact) mass is 496 g/mol. The molecule has 6 nitrogen and oxygen atoms in total. The molecule has 3 aromatic carbocycles. The topological polar surface area (TPSA) is 67.9 Å². The number of imide groups is 1. The summed E-state index contributed by atoms with van der Waals surface area (Å²) in [5, 5.41) is 3.85. The van der Waals surface area contributed by atoms with Gasteiger partial charge in [-0.3, -0.25) is 9.69 Å². The summed E-state index contributed by atoms with van der Waals surface area (Å²) in [6, 6.07) is 19.3. The number of hydrogen-bond acceptors (Lipinski definition) is 4. The second-order valence-electron chi connectivity index (χ2n) is 7.53. The maximum Gasteiger partial charge on any atom is 0.329 e. The van der Waals surface area contributed by atoms with Crippen LogP contribution in [-0.4, -0.2) is 23.4 Å². The van der Waals surface area contributed by atoms with Gasteiger partial charge in [-0.1, -0.05) is 59.6 Å². The van der Waals surface area contributed by atoms with Crippen LogP contribution in [0.3, 0.4) is 0 Å². The predicted molar refractivity (Wildman–Crippen MR) is 132 cm³/mol. The fourth-order valence-corrected chi connectivity index (χ4v) is 3.74. The first kappa shape index (κ1) is 23.7. The van der Waals surface area contributed by atoms with Crippen LogP contribution in [0.5, 0.6) is 11.5 Å². The van der Waals surface area contributed by atoms with Gasteiger partial charge in [-0.25, -0.2) is 4.79 Å². The largest absolute Gasteiger partial charge is 0.490 e. The third-order valence-electron chi connectivity index (χ3n) is 5.14. The maximum atomic E-state index is 12.8. The van der Waals surface area contributed by atoms with Crippen molar-refractivity contribution in [2.45, 2.75) is 20.1 Å². The molecule has 1 fully saturated rings. The van der Waals surface area contributed by atoms with Crippen LogP contribution < -0.4 is 14.8 Å². The number of halogens is 2. The Morgan fingerprint density at radius 3 is 2.44 bits per heavy atom. The van der Waals surface area contributed by atoms with E-state index in [1.807, 2.05) is 31.2 Å². The molecule has 0 unspecified atom stereocenters. The molecule has 1 aliphatic rings. The highest BCUT2D eigenvalue weighted by molar-refractivity contribution is 6.31. The molecule has 0 spiro atoms. The fraction of sp³-hybridized carbons (Fsp3) is 0.154. The lowest BCUT2D eigenvalue weighted by Gasteiger charge is -2.13. The van der Waals surface area contributed by atoms with Crippen LogP contribution in [-0.2, 0) is 17.9 Å². The molecule has 0 bridgehead atoms. The van der Waals surface area contributed by atoms with E-state index < -0.39 is 11.9 Å². The van der Waals surface area contributed by atoms with Crippen molar-refractivity contribution in [2.75, 3.05) is 6.61 Å². The summed E-state index contributed by atoms with van der Waals surface area (Å²) in [5.74, 6) is 0.672. The molecule has 1 saturated heterocycles. The first-order valence-electron chi connectivity index (χ1n) is 10.7. The van der Waals surface area contributed by atoms with Crippen molar-refractivity contribution < 1.29 is 19.1 Å². The SMILES string of the molecule is CCOc1cc(/C=C2\NC(=O)N(Cc3ccc(Cl)cc3)C2=O)ccc1OCc1ccccc1Cl. The molecule has 0 atom stereocenters. The van der Waals surface area contributed by atoms with Gasteiger partial charge in [0.1, 0.15) is 12.3 Å². The molecule has 174 valence electrons. The van der Waals surface area contributed by atoms with Crippen molar-refractivity contribution in [3.63, 3.8) is 0 Å². The molecule has 1 heterocycles. The molecule has 0 saturated carbocycles. The lowest BCUT2D eigenvalue weighted by atomic mass is 10.1. The van der Waals surface area contributed by atoms with Gasteiger partial charge in [-0.15, -0.1) is 0 Å². The first-order valence-corrected chi connectivity index (χ1v) is 11.4. The fourth-order valence-electron chi connectivity index (χ4n) is 3.43. The molecule has 8 heteroatoms. The van der Waals surface area contributed by atoms with Crippen LogP contribution in [0.15, 0.2) is 72.4 Å². The Morgan fingerprint density at radius 2 is 1.71 bits per heavy atom. The Labute approximate surface area is 207 Å². The number of benzene rings is 3. The highest BCUT2D eigenvalue weighted by atomic mass is 35.5. The average Bonchev–Trinajstić information content (AvgIpc) is 3.08. The van der Waals surface area contributed by atoms with Crippen molar-refractivity contribution >= 4 is 41.2 Å².